The SMILES string of the molecule is CC(C)c1ccccc1NC(=O)[C@@H](C)OC(=O)c1cc2c(s1)CCCC2. The lowest BCUT2D eigenvalue weighted by Gasteiger charge is -2.16. The number of benzene rings is 1. The number of thiophene rings is 1. The van der Waals surface area contributed by atoms with Crippen LogP contribution in [0.1, 0.15) is 65.2 Å². The number of anilines is 1. The average Bonchev–Trinajstić information content (AvgIpc) is 3.06. The van der Waals surface area contributed by atoms with Crippen LogP contribution in [0, 0.1) is 0 Å². The summed E-state index contributed by atoms with van der Waals surface area (Å²) < 4.78 is 5.41. The van der Waals surface area contributed by atoms with Gasteiger partial charge in [0.25, 0.3) is 5.91 Å². The standard InChI is InChI=1S/C21H25NO3S/c1-13(2)16-9-5-6-10-17(16)22-20(23)14(3)25-21(24)19-12-15-8-4-7-11-18(15)26-19/h5-6,9-10,12-14H,4,7-8,11H2,1-3H3,(H,22,23)/t14-/m1/s1. The van der Waals surface area contributed by atoms with Gasteiger partial charge in [-0.15, -0.1) is 11.3 Å². The Morgan fingerprint density at radius 1 is 1.12 bits per heavy atom. The van der Waals surface area contributed by atoms with Crippen LogP contribution in [0.25, 0.3) is 0 Å². The summed E-state index contributed by atoms with van der Waals surface area (Å²) in [6, 6.07) is 9.63. The minimum absolute atomic E-state index is 0.293. The van der Waals surface area contributed by atoms with E-state index in [0.29, 0.717) is 10.8 Å². The predicted molar refractivity (Wildman–Crippen MR) is 105 cm³/mol. The fourth-order valence-corrected chi connectivity index (χ4v) is 4.35. The monoisotopic (exact) mass is 371 g/mol. The zero-order valence-electron chi connectivity index (χ0n) is 15.5. The van der Waals surface area contributed by atoms with E-state index >= 15 is 0 Å². The Kier molecular flexibility index (Phi) is 5.77. The number of hydrogen-bond acceptors (Lipinski definition) is 4. The molecule has 0 saturated carbocycles. The van der Waals surface area contributed by atoms with Crippen LogP contribution in [-0.2, 0) is 22.4 Å². The van der Waals surface area contributed by atoms with Crippen LogP contribution in [0.5, 0.6) is 0 Å². The Morgan fingerprint density at radius 2 is 1.85 bits per heavy atom. The Labute approximate surface area is 158 Å². The van der Waals surface area contributed by atoms with Gasteiger partial charge in [-0.3, -0.25) is 4.79 Å². The van der Waals surface area contributed by atoms with E-state index in [1.807, 2.05) is 30.3 Å². The molecule has 1 aromatic heterocycles. The number of carbonyl (C=O) groups is 2. The summed E-state index contributed by atoms with van der Waals surface area (Å²) in [6.07, 6.45) is 3.57. The van der Waals surface area contributed by atoms with Crippen molar-refractivity contribution < 1.29 is 14.3 Å². The Hall–Kier alpha value is -2.14. The molecule has 0 unspecified atom stereocenters. The summed E-state index contributed by atoms with van der Waals surface area (Å²) in [5, 5.41) is 2.88. The quantitative estimate of drug-likeness (QED) is 0.758. The van der Waals surface area contributed by atoms with E-state index in [2.05, 4.69) is 19.2 Å². The Bertz CT molecular complexity index is 786. The summed E-state index contributed by atoms with van der Waals surface area (Å²) in [6.45, 7) is 5.76. The molecule has 1 aromatic carbocycles. The first-order valence-electron chi connectivity index (χ1n) is 9.18. The smallest absolute Gasteiger partial charge is 0.349 e. The highest BCUT2D eigenvalue weighted by Gasteiger charge is 2.23. The van der Waals surface area contributed by atoms with Gasteiger partial charge in [0.15, 0.2) is 6.10 Å². The number of ether oxygens (including phenoxy) is 1. The number of nitrogens with one attached hydrogen (secondary N) is 1. The van der Waals surface area contributed by atoms with Gasteiger partial charge in [0.05, 0.1) is 0 Å². The number of fused-ring (bicyclic) bond motifs is 1. The molecule has 0 saturated heterocycles. The van der Waals surface area contributed by atoms with Crippen LogP contribution in [0.2, 0.25) is 0 Å². The molecule has 1 heterocycles. The highest BCUT2D eigenvalue weighted by Crippen LogP contribution is 2.30. The van der Waals surface area contributed by atoms with Gasteiger partial charge < -0.3 is 10.1 Å². The molecule has 1 aliphatic carbocycles. The van der Waals surface area contributed by atoms with Gasteiger partial charge in [0.2, 0.25) is 0 Å². The van der Waals surface area contributed by atoms with Crippen molar-refractivity contribution in [1.82, 2.24) is 0 Å². The predicted octanol–water partition coefficient (Wildman–Crippen LogP) is 4.93. The lowest BCUT2D eigenvalue weighted by Crippen LogP contribution is -2.30. The molecule has 1 amide bonds. The molecule has 0 spiro atoms. The van der Waals surface area contributed by atoms with Crippen molar-refractivity contribution in [3.8, 4) is 0 Å². The van der Waals surface area contributed by atoms with E-state index in [1.165, 1.54) is 34.6 Å². The molecule has 3 rings (SSSR count). The molecule has 0 aliphatic heterocycles. The van der Waals surface area contributed by atoms with Crippen molar-refractivity contribution in [1.29, 1.82) is 0 Å². The molecule has 0 bridgehead atoms. The molecule has 1 atom stereocenters. The fraction of sp³-hybridized carbons (Fsp3) is 0.429. The van der Waals surface area contributed by atoms with Gasteiger partial charge in [0, 0.05) is 10.6 Å². The molecule has 4 nitrogen and oxygen atoms in total. The van der Waals surface area contributed by atoms with Gasteiger partial charge in [-0.05, 0) is 61.8 Å². The largest absolute Gasteiger partial charge is 0.448 e. The minimum atomic E-state index is -0.846. The van der Waals surface area contributed by atoms with Crippen molar-refractivity contribution in [2.45, 2.75) is 58.5 Å². The van der Waals surface area contributed by atoms with Gasteiger partial charge in [-0.25, -0.2) is 4.79 Å². The van der Waals surface area contributed by atoms with E-state index in [9.17, 15) is 9.59 Å². The molecular weight excluding hydrogens is 346 g/mol. The third kappa shape index (κ3) is 4.15. The number of esters is 1. The summed E-state index contributed by atoms with van der Waals surface area (Å²) >= 11 is 1.50. The van der Waals surface area contributed by atoms with Crippen LogP contribution in [0.15, 0.2) is 30.3 Å². The Morgan fingerprint density at radius 3 is 2.58 bits per heavy atom. The molecule has 2 aromatic rings. The van der Waals surface area contributed by atoms with Crippen molar-refractivity contribution in [3.05, 3.63) is 51.2 Å². The maximum Gasteiger partial charge on any atom is 0.349 e. The van der Waals surface area contributed by atoms with Gasteiger partial charge >= 0.3 is 5.97 Å². The molecule has 26 heavy (non-hydrogen) atoms. The second kappa shape index (κ2) is 8.04. The Balaban J connectivity index is 1.64. The molecular formula is C21H25NO3S. The summed E-state index contributed by atoms with van der Waals surface area (Å²) in [5.41, 5.74) is 3.09. The molecule has 1 N–H and O–H groups in total. The van der Waals surface area contributed by atoms with Crippen LogP contribution in [0.4, 0.5) is 5.69 Å². The van der Waals surface area contributed by atoms with E-state index in [4.69, 9.17) is 4.74 Å². The molecule has 1 aliphatic rings. The maximum atomic E-state index is 12.5. The van der Waals surface area contributed by atoms with E-state index in [1.54, 1.807) is 6.92 Å². The first-order chi connectivity index (χ1) is 12.5. The molecule has 5 heteroatoms. The highest BCUT2D eigenvalue weighted by molar-refractivity contribution is 7.14. The first kappa shape index (κ1) is 18.6. The molecule has 0 fully saturated rings. The number of hydrogen-bond donors (Lipinski definition) is 1. The van der Waals surface area contributed by atoms with Gasteiger partial charge in [0.1, 0.15) is 4.88 Å². The number of para-hydroxylation sites is 1. The van der Waals surface area contributed by atoms with Crippen LogP contribution >= 0.6 is 11.3 Å². The summed E-state index contributed by atoms with van der Waals surface area (Å²) in [7, 11) is 0. The second-order valence-electron chi connectivity index (χ2n) is 7.04. The number of amides is 1. The summed E-state index contributed by atoms with van der Waals surface area (Å²) in [5.74, 6) is -0.432. The second-order valence-corrected chi connectivity index (χ2v) is 8.18. The van der Waals surface area contributed by atoms with Crippen molar-refractivity contribution in [3.63, 3.8) is 0 Å². The van der Waals surface area contributed by atoms with Gasteiger partial charge in [-0.2, -0.15) is 0 Å². The van der Waals surface area contributed by atoms with E-state index in [-0.39, 0.29) is 5.91 Å². The van der Waals surface area contributed by atoms with Crippen LogP contribution in [0.3, 0.4) is 0 Å². The van der Waals surface area contributed by atoms with E-state index in [0.717, 1.165) is 24.1 Å². The van der Waals surface area contributed by atoms with Crippen molar-refractivity contribution in [2.75, 3.05) is 5.32 Å². The van der Waals surface area contributed by atoms with Crippen molar-refractivity contribution in [2.24, 2.45) is 0 Å². The third-order valence-corrected chi connectivity index (χ3v) is 5.91. The number of carbonyl (C=O) groups excluding carboxylic acids is 2. The average molecular weight is 372 g/mol. The molecule has 0 radical (unpaired) electrons. The fourth-order valence-electron chi connectivity index (χ4n) is 3.21. The van der Waals surface area contributed by atoms with Gasteiger partial charge in [-0.1, -0.05) is 32.0 Å². The topological polar surface area (TPSA) is 55.4 Å². The zero-order valence-corrected chi connectivity index (χ0v) is 16.3. The maximum absolute atomic E-state index is 12.5. The van der Waals surface area contributed by atoms with Crippen LogP contribution in [-0.4, -0.2) is 18.0 Å². The molecule has 138 valence electrons. The number of rotatable bonds is 5. The zero-order chi connectivity index (χ0) is 18.7. The lowest BCUT2D eigenvalue weighted by atomic mass is 9.99. The highest BCUT2D eigenvalue weighted by atomic mass is 32.1. The normalized spacial score (nSPS) is 14.6. The minimum Gasteiger partial charge on any atom is -0.448 e. The lowest BCUT2D eigenvalue weighted by molar-refractivity contribution is -0.123. The van der Waals surface area contributed by atoms with Crippen LogP contribution < -0.4 is 5.32 Å². The summed E-state index contributed by atoms with van der Waals surface area (Å²) in [4.78, 5) is 26.8. The third-order valence-electron chi connectivity index (χ3n) is 4.69. The van der Waals surface area contributed by atoms with E-state index < -0.39 is 12.1 Å². The first-order valence-corrected chi connectivity index (χ1v) is 9.99. The number of aryl methyl sites for hydroxylation is 2. The van der Waals surface area contributed by atoms with Crippen molar-refractivity contribution >= 4 is 28.9 Å².